The van der Waals surface area contributed by atoms with Gasteiger partial charge in [0.15, 0.2) is 0 Å². The average molecular weight is 475 g/mol. The number of carboxylic acid groups (broad SMARTS) is 2. The number of nitrogens with one attached hydrogen (secondary N) is 3. The molecule has 31 heavy (non-hydrogen) atoms. The van der Waals surface area contributed by atoms with E-state index in [0.29, 0.717) is 0 Å². The molecule has 16 heteroatoms. The summed E-state index contributed by atoms with van der Waals surface area (Å²) >= 11 is 3.74. The Hall–Kier alpha value is -3.04. The number of carbonyl (C=O) groups excluding carboxylic acids is 4. The normalized spacial score (nSPS) is 13.8. The van der Waals surface area contributed by atoms with E-state index in [1.54, 1.807) is 0 Å². The van der Waals surface area contributed by atoms with Crippen molar-refractivity contribution in [1.29, 1.82) is 0 Å². The maximum atomic E-state index is 12.3. The molecule has 0 radical (unpaired) electrons. The number of alkyl halides is 3. The average Bonchev–Trinajstić information content (AvgIpc) is 2.64. The Balaban J connectivity index is 5.09. The summed E-state index contributed by atoms with van der Waals surface area (Å²) in [5.41, 5.74) is 0. The second-order valence-corrected chi connectivity index (χ2v) is 6.27. The van der Waals surface area contributed by atoms with Gasteiger partial charge in [-0.05, 0) is 6.42 Å². The summed E-state index contributed by atoms with van der Waals surface area (Å²) in [5, 5.41) is 23.1. The van der Waals surface area contributed by atoms with E-state index in [1.165, 1.54) is 5.32 Å². The Kier molecular flexibility index (Phi) is 11.4. The van der Waals surface area contributed by atoms with Gasteiger partial charge in [0.25, 0.3) is 0 Å². The molecule has 5 N–H and O–H groups in total. The van der Waals surface area contributed by atoms with Gasteiger partial charge in [-0.3, -0.25) is 19.2 Å². The molecule has 0 unspecified atom stereocenters. The molecule has 0 rings (SSSR count). The van der Waals surface area contributed by atoms with Crippen LogP contribution in [0.1, 0.15) is 19.8 Å². The van der Waals surface area contributed by atoms with Crippen LogP contribution in [0.2, 0.25) is 0 Å². The summed E-state index contributed by atoms with van der Waals surface area (Å²) in [5.74, 6) is -9.05. The Morgan fingerprint density at radius 2 is 1.48 bits per heavy atom. The number of carbonyl (C=O) groups is 6. The van der Waals surface area contributed by atoms with Crippen LogP contribution in [0.4, 0.5) is 13.2 Å². The minimum atomic E-state index is -5.34. The molecular weight excluding hydrogens is 455 g/mol. The molecule has 0 aliphatic carbocycles. The van der Waals surface area contributed by atoms with Crippen molar-refractivity contribution in [3.8, 4) is 0 Å². The number of carboxylic acids is 2. The predicted octanol–water partition coefficient (Wildman–Crippen LogP) is -1.55. The number of thiol groups is 1. The molecule has 0 bridgehead atoms. The van der Waals surface area contributed by atoms with E-state index < -0.39 is 79.4 Å². The highest BCUT2D eigenvalue weighted by atomic mass is 32.1. The van der Waals surface area contributed by atoms with Crippen molar-refractivity contribution in [1.82, 2.24) is 16.0 Å². The van der Waals surface area contributed by atoms with Gasteiger partial charge in [0.05, 0.1) is 0 Å². The van der Waals surface area contributed by atoms with E-state index in [1.807, 2.05) is 10.6 Å². The molecule has 12 nitrogen and oxygen atoms in total. The summed E-state index contributed by atoms with van der Waals surface area (Å²) in [4.78, 5) is 68.0. The maximum Gasteiger partial charge on any atom is 0.471 e. The predicted molar refractivity (Wildman–Crippen MR) is 96.8 cm³/mol. The van der Waals surface area contributed by atoms with Gasteiger partial charge >= 0.3 is 30.0 Å². The van der Waals surface area contributed by atoms with Crippen LogP contribution in [0.25, 0.3) is 0 Å². The van der Waals surface area contributed by atoms with E-state index in [-0.39, 0.29) is 5.75 Å². The molecule has 3 atom stereocenters. The maximum absolute atomic E-state index is 12.3. The molecule has 3 amide bonds. The molecule has 0 heterocycles. The number of aliphatic carboxylic acids is 2. The zero-order valence-electron chi connectivity index (χ0n) is 15.9. The number of esters is 1. The minimum Gasteiger partial charge on any atom is -0.480 e. The van der Waals surface area contributed by atoms with Crippen LogP contribution >= 0.6 is 12.6 Å². The summed E-state index contributed by atoms with van der Waals surface area (Å²) in [6, 6.07) is -5.09. The van der Waals surface area contributed by atoms with Crippen molar-refractivity contribution < 1.29 is 56.9 Å². The fraction of sp³-hybridized carbons (Fsp3) is 0.600. The lowest BCUT2D eigenvalue weighted by atomic mass is 10.1. The van der Waals surface area contributed by atoms with Crippen LogP contribution in [0.3, 0.4) is 0 Å². The lowest BCUT2D eigenvalue weighted by Crippen LogP contribution is -2.54. The van der Waals surface area contributed by atoms with Crippen LogP contribution in [0.5, 0.6) is 0 Å². The molecule has 0 spiro atoms. The fourth-order valence-corrected chi connectivity index (χ4v) is 2.13. The van der Waals surface area contributed by atoms with Crippen molar-refractivity contribution in [3.05, 3.63) is 0 Å². The SMILES string of the molecule is CC(=O)OC[C@H](NC(=O)CC[C@H](NC(=O)C(F)(F)F)C(=O)O)C(=O)N[C@@H](CS)C(=O)O. The molecule has 0 aromatic carbocycles. The zero-order chi connectivity index (χ0) is 24.4. The minimum absolute atomic E-state index is 0.311. The highest BCUT2D eigenvalue weighted by Gasteiger charge is 2.41. The van der Waals surface area contributed by atoms with Crippen molar-refractivity contribution in [2.75, 3.05) is 12.4 Å². The Morgan fingerprint density at radius 1 is 0.935 bits per heavy atom. The van der Waals surface area contributed by atoms with E-state index in [2.05, 4.69) is 17.4 Å². The second kappa shape index (κ2) is 12.6. The standard InChI is InChI=1S/C15H20F3N3O9S/c1-6(22)30-4-8(11(24)20-9(5-31)13(27)28)19-10(23)3-2-7(12(25)26)21-14(29)15(16,17)18/h7-9,31H,2-5H2,1H3,(H,19,23)(H,20,24)(H,21,29)(H,25,26)(H,27,28)/t7-,8-,9-/m0/s1. The molecule has 0 aliphatic heterocycles. The van der Waals surface area contributed by atoms with Gasteiger partial charge in [0, 0.05) is 19.1 Å². The Bertz CT molecular complexity index is 718. The third-order valence-corrected chi connectivity index (χ3v) is 3.79. The first-order chi connectivity index (χ1) is 14.2. The Labute approximate surface area is 178 Å². The molecule has 0 aromatic rings. The highest BCUT2D eigenvalue weighted by molar-refractivity contribution is 7.80. The quantitative estimate of drug-likeness (QED) is 0.143. The van der Waals surface area contributed by atoms with E-state index in [4.69, 9.17) is 10.2 Å². The first-order valence-corrected chi connectivity index (χ1v) is 8.99. The number of hydrogen-bond acceptors (Lipinski definition) is 8. The van der Waals surface area contributed by atoms with Crippen molar-refractivity contribution in [2.45, 2.75) is 44.1 Å². The number of halogens is 3. The van der Waals surface area contributed by atoms with Crippen LogP contribution in [0.15, 0.2) is 0 Å². The largest absolute Gasteiger partial charge is 0.480 e. The topological polar surface area (TPSA) is 188 Å². The molecule has 176 valence electrons. The van der Waals surface area contributed by atoms with Gasteiger partial charge in [0.2, 0.25) is 11.8 Å². The van der Waals surface area contributed by atoms with Gasteiger partial charge in [-0.1, -0.05) is 0 Å². The first kappa shape index (κ1) is 28.0. The third-order valence-electron chi connectivity index (χ3n) is 3.42. The molecule has 0 aromatic heterocycles. The highest BCUT2D eigenvalue weighted by Crippen LogP contribution is 2.15. The Morgan fingerprint density at radius 3 is 1.90 bits per heavy atom. The molecule has 0 saturated carbocycles. The summed E-state index contributed by atoms with van der Waals surface area (Å²) in [7, 11) is 0. The van der Waals surface area contributed by atoms with Crippen molar-refractivity contribution >= 4 is 48.3 Å². The smallest absolute Gasteiger partial charge is 0.471 e. The van der Waals surface area contributed by atoms with Gasteiger partial charge in [-0.25, -0.2) is 9.59 Å². The molecule has 0 saturated heterocycles. The number of hydrogen-bond donors (Lipinski definition) is 6. The van der Waals surface area contributed by atoms with Gasteiger partial charge < -0.3 is 30.9 Å². The van der Waals surface area contributed by atoms with E-state index in [9.17, 15) is 41.9 Å². The van der Waals surface area contributed by atoms with Crippen LogP contribution in [-0.2, 0) is 33.5 Å². The monoisotopic (exact) mass is 475 g/mol. The first-order valence-electron chi connectivity index (χ1n) is 8.36. The van der Waals surface area contributed by atoms with E-state index in [0.717, 1.165) is 6.92 Å². The number of ether oxygens (including phenoxy) is 1. The number of rotatable bonds is 12. The van der Waals surface area contributed by atoms with Crippen molar-refractivity contribution in [3.63, 3.8) is 0 Å². The molecule has 0 aliphatic rings. The summed E-state index contributed by atoms with van der Waals surface area (Å²) in [6.07, 6.45) is -6.84. The molecule has 0 fully saturated rings. The zero-order valence-corrected chi connectivity index (χ0v) is 16.8. The lowest BCUT2D eigenvalue weighted by Gasteiger charge is -2.21. The summed E-state index contributed by atoms with van der Waals surface area (Å²) in [6.45, 7) is 0.282. The second-order valence-electron chi connectivity index (χ2n) is 5.91. The number of amides is 3. The summed E-state index contributed by atoms with van der Waals surface area (Å²) < 4.78 is 41.4. The van der Waals surface area contributed by atoms with Crippen molar-refractivity contribution in [2.24, 2.45) is 0 Å². The molecular formula is C15H20F3N3O9S. The third kappa shape index (κ3) is 11.1. The van der Waals surface area contributed by atoms with Crippen LogP contribution in [-0.4, -0.2) is 82.5 Å². The fourth-order valence-electron chi connectivity index (χ4n) is 1.88. The van der Waals surface area contributed by atoms with Gasteiger partial charge in [-0.15, -0.1) is 0 Å². The van der Waals surface area contributed by atoms with Crippen LogP contribution < -0.4 is 16.0 Å². The van der Waals surface area contributed by atoms with Gasteiger partial charge in [-0.2, -0.15) is 25.8 Å². The van der Waals surface area contributed by atoms with Gasteiger partial charge in [0.1, 0.15) is 24.7 Å². The van der Waals surface area contributed by atoms with Crippen LogP contribution in [0, 0.1) is 0 Å². The lowest BCUT2D eigenvalue weighted by molar-refractivity contribution is -0.175. The van der Waals surface area contributed by atoms with E-state index >= 15 is 0 Å².